The average Bonchev–Trinajstić information content (AvgIpc) is 2.69. The zero-order valence-corrected chi connectivity index (χ0v) is 10.5. The molecule has 0 aliphatic heterocycles. The minimum Gasteiger partial charge on any atom is -0.481 e. The molecule has 3 N–H and O–H groups in total. The normalized spacial score (nSPS) is 9.95. The first kappa shape index (κ1) is 14.7. The van der Waals surface area contributed by atoms with Crippen LogP contribution >= 0.6 is 0 Å². The first-order valence-corrected chi connectivity index (χ1v) is 5.79. The number of aliphatic carboxylic acids is 1. The molecule has 0 atom stereocenters. The minimum atomic E-state index is -0.895. The molecule has 1 aromatic rings. The fourth-order valence-corrected chi connectivity index (χ4v) is 1.38. The van der Waals surface area contributed by atoms with Crippen LogP contribution in [0.1, 0.15) is 25.7 Å². The van der Waals surface area contributed by atoms with Gasteiger partial charge in [0.15, 0.2) is 5.82 Å². The van der Waals surface area contributed by atoms with Crippen LogP contribution in [0.4, 0.5) is 10.6 Å². The smallest absolute Gasteiger partial charge is 0.327 e. The summed E-state index contributed by atoms with van der Waals surface area (Å²) in [4.78, 5) is 33.0. The minimum absolute atomic E-state index is 0.0212. The maximum Gasteiger partial charge on any atom is 0.327 e. The molecule has 1 heterocycles. The van der Waals surface area contributed by atoms with Gasteiger partial charge in [-0.3, -0.25) is 24.9 Å². The highest BCUT2D eigenvalue weighted by Gasteiger charge is 2.09. The Bertz CT molecular complexity index is 469. The molecule has 0 saturated carbocycles. The standard InChI is InChI=1S/C11H16N4O4/c1-15-7-6-8(14-15)12-11(19)13-9(16)4-2-3-5-10(17)18/h6-7H,2-5H2,1H3,(H,17,18)(H2,12,13,14,16,19). The first-order chi connectivity index (χ1) is 8.97. The number of imide groups is 1. The summed E-state index contributed by atoms with van der Waals surface area (Å²) in [6.45, 7) is 0. The van der Waals surface area contributed by atoms with Gasteiger partial charge in [-0.05, 0) is 12.8 Å². The lowest BCUT2D eigenvalue weighted by Gasteiger charge is -2.04. The van der Waals surface area contributed by atoms with Crippen LogP contribution in [0.25, 0.3) is 0 Å². The lowest BCUT2D eigenvalue weighted by atomic mass is 10.2. The van der Waals surface area contributed by atoms with E-state index < -0.39 is 17.9 Å². The van der Waals surface area contributed by atoms with Crippen molar-refractivity contribution in [2.75, 3.05) is 5.32 Å². The SMILES string of the molecule is Cn1ccc(NC(=O)NC(=O)CCCCC(=O)O)n1. The van der Waals surface area contributed by atoms with Crippen molar-refractivity contribution in [3.05, 3.63) is 12.3 Å². The zero-order chi connectivity index (χ0) is 14.3. The molecule has 104 valence electrons. The summed E-state index contributed by atoms with van der Waals surface area (Å²) in [5.74, 6) is -0.995. The number of rotatable bonds is 6. The fourth-order valence-electron chi connectivity index (χ4n) is 1.38. The first-order valence-electron chi connectivity index (χ1n) is 5.79. The second-order valence-corrected chi connectivity index (χ2v) is 3.98. The molecule has 0 spiro atoms. The number of carbonyl (C=O) groups excluding carboxylic acids is 2. The number of aromatic nitrogens is 2. The number of aryl methyl sites for hydroxylation is 1. The summed E-state index contributed by atoms with van der Waals surface area (Å²) < 4.78 is 1.52. The number of carboxylic acid groups (broad SMARTS) is 1. The quantitative estimate of drug-likeness (QED) is 0.658. The van der Waals surface area contributed by atoms with E-state index in [1.54, 1.807) is 19.3 Å². The van der Waals surface area contributed by atoms with E-state index >= 15 is 0 Å². The van der Waals surface area contributed by atoms with Crippen LogP contribution in [-0.2, 0) is 16.6 Å². The Labute approximate surface area is 109 Å². The van der Waals surface area contributed by atoms with Crippen molar-refractivity contribution in [3.8, 4) is 0 Å². The Morgan fingerprint density at radius 3 is 2.58 bits per heavy atom. The third kappa shape index (κ3) is 6.20. The molecule has 19 heavy (non-hydrogen) atoms. The van der Waals surface area contributed by atoms with E-state index in [1.165, 1.54) is 4.68 Å². The maximum absolute atomic E-state index is 11.4. The second-order valence-electron chi connectivity index (χ2n) is 3.98. The molecule has 1 rings (SSSR count). The number of hydrogen-bond donors (Lipinski definition) is 3. The zero-order valence-electron chi connectivity index (χ0n) is 10.5. The van der Waals surface area contributed by atoms with Crippen molar-refractivity contribution in [2.45, 2.75) is 25.7 Å². The summed E-state index contributed by atoms with van der Waals surface area (Å²) in [6.07, 6.45) is 2.62. The van der Waals surface area contributed by atoms with E-state index in [-0.39, 0.29) is 12.8 Å². The van der Waals surface area contributed by atoms with E-state index in [9.17, 15) is 14.4 Å². The van der Waals surface area contributed by atoms with Crippen LogP contribution in [0.3, 0.4) is 0 Å². The van der Waals surface area contributed by atoms with Crippen LogP contribution in [0.2, 0.25) is 0 Å². The fraction of sp³-hybridized carbons (Fsp3) is 0.455. The highest BCUT2D eigenvalue weighted by Crippen LogP contribution is 2.01. The van der Waals surface area contributed by atoms with Crippen LogP contribution in [0.15, 0.2) is 12.3 Å². The molecule has 0 saturated heterocycles. The Kier molecular flexibility index (Phi) is 5.52. The Hall–Kier alpha value is -2.38. The van der Waals surface area contributed by atoms with E-state index in [2.05, 4.69) is 15.7 Å². The molecular formula is C11H16N4O4. The molecule has 0 aliphatic rings. The third-order valence-electron chi connectivity index (χ3n) is 2.25. The van der Waals surface area contributed by atoms with Gasteiger partial charge in [-0.15, -0.1) is 0 Å². The van der Waals surface area contributed by atoms with Gasteiger partial charge in [0.2, 0.25) is 5.91 Å². The van der Waals surface area contributed by atoms with Crippen molar-refractivity contribution < 1.29 is 19.5 Å². The van der Waals surface area contributed by atoms with Crippen molar-refractivity contribution in [1.82, 2.24) is 15.1 Å². The van der Waals surface area contributed by atoms with Gasteiger partial charge < -0.3 is 5.11 Å². The lowest BCUT2D eigenvalue weighted by Crippen LogP contribution is -2.34. The van der Waals surface area contributed by atoms with Gasteiger partial charge in [-0.2, -0.15) is 5.10 Å². The molecule has 1 aromatic heterocycles. The molecule has 0 aliphatic carbocycles. The number of hydrogen-bond acceptors (Lipinski definition) is 4. The molecule has 0 bridgehead atoms. The van der Waals surface area contributed by atoms with Gasteiger partial charge in [0.1, 0.15) is 0 Å². The van der Waals surface area contributed by atoms with Crippen LogP contribution < -0.4 is 10.6 Å². The molecule has 8 heteroatoms. The van der Waals surface area contributed by atoms with Gasteiger partial charge in [0.05, 0.1) is 0 Å². The number of nitrogens with one attached hydrogen (secondary N) is 2. The third-order valence-corrected chi connectivity index (χ3v) is 2.25. The summed E-state index contributed by atoms with van der Waals surface area (Å²) >= 11 is 0. The number of urea groups is 1. The summed E-state index contributed by atoms with van der Waals surface area (Å²) in [5, 5.41) is 16.9. The van der Waals surface area contributed by atoms with E-state index in [4.69, 9.17) is 5.11 Å². The van der Waals surface area contributed by atoms with Crippen molar-refractivity contribution >= 4 is 23.7 Å². The predicted octanol–water partition coefficient (Wildman–Crippen LogP) is 0.713. The van der Waals surface area contributed by atoms with Crippen LogP contribution in [-0.4, -0.2) is 32.8 Å². The Morgan fingerprint density at radius 2 is 2.00 bits per heavy atom. The van der Waals surface area contributed by atoms with Gasteiger partial charge in [0, 0.05) is 32.2 Å². The van der Waals surface area contributed by atoms with E-state index in [1.807, 2.05) is 0 Å². The number of unbranched alkanes of at least 4 members (excludes halogenated alkanes) is 1. The Morgan fingerprint density at radius 1 is 1.32 bits per heavy atom. The van der Waals surface area contributed by atoms with Crippen molar-refractivity contribution in [1.29, 1.82) is 0 Å². The molecule has 0 aromatic carbocycles. The molecule has 0 unspecified atom stereocenters. The molecule has 0 radical (unpaired) electrons. The number of amides is 3. The lowest BCUT2D eigenvalue weighted by molar-refractivity contribution is -0.137. The highest BCUT2D eigenvalue weighted by molar-refractivity contribution is 6.00. The molecular weight excluding hydrogens is 252 g/mol. The monoisotopic (exact) mass is 268 g/mol. The molecule has 0 fully saturated rings. The molecule has 3 amide bonds. The number of carboxylic acids is 1. The molecule has 8 nitrogen and oxygen atoms in total. The predicted molar refractivity (Wildman–Crippen MR) is 66.5 cm³/mol. The summed E-state index contributed by atoms with van der Waals surface area (Å²) in [6, 6.07) is 0.943. The van der Waals surface area contributed by atoms with E-state index in [0.717, 1.165) is 0 Å². The Balaban J connectivity index is 2.21. The maximum atomic E-state index is 11.4. The van der Waals surface area contributed by atoms with Gasteiger partial charge in [-0.1, -0.05) is 0 Å². The van der Waals surface area contributed by atoms with Crippen LogP contribution in [0.5, 0.6) is 0 Å². The largest absolute Gasteiger partial charge is 0.481 e. The second kappa shape index (κ2) is 7.14. The van der Waals surface area contributed by atoms with Gasteiger partial charge >= 0.3 is 12.0 Å². The number of anilines is 1. The average molecular weight is 268 g/mol. The number of nitrogens with zero attached hydrogens (tertiary/aromatic N) is 2. The van der Waals surface area contributed by atoms with Crippen LogP contribution in [0, 0.1) is 0 Å². The topological polar surface area (TPSA) is 113 Å². The van der Waals surface area contributed by atoms with Crippen molar-refractivity contribution in [3.63, 3.8) is 0 Å². The van der Waals surface area contributed by atoms with Gasteiger partial charge in [0.25, 0.3) is 0 Å². The summed E-state index contributed by atoms with van der Waals surface area (Å²) in [7, 11) is 1.71. The highest BCUT2D eigenvalue weighted by atomic mass is 16.4. The number of carbonyl (C=O) groups is 3. The van der Waals surface area contributed by atoms with Crippen molar-refractivity contribution in [2.24, 2.45) is 7.05 Å². The van der Waals surface area contributed by atoms with E-state index in [0.29, 0.717) is 18.7 Å². The summed E-state index contributed by atoms with van der Waals surface area (Å²) in [5.41, 5.74) is 0. The van der Waals surface area contributed by atoms with Gasteiger partial charge in [-0.25, -0.2) is 4.79 Å².